The number of nitrogens with zero attached hydrogens (tertiary/aromatic N) is 2. The predicted molar refractivity (Wildman–Crippen MR) is 118 cm³/mol. The maximum absolute atomic E-state index is 12.8. The van der Waals surface area contributed by atoms with E-state index in [2.05, 4.69) is 32.7 Å². The van der Waals surface area contributed by atoms with Crippen LogP contribution in [0.3, 0.4) is 0 Å². The predicted octanol–water partition coefficient (Wildman–Crippen LogP) is 4.18. The normalized spacial score (nSPS) is 11.5. The molecule has 3 aromatic rings. The van der Waals surface area contributed by atoms with Gasteiger partial charge in [0, 0.05) is 17.9 Å². The van der Waals surface area contributed by atoms with Gasteiger partial charge in [-0.3, -0.25) is 14.5 Å². The van der Waals surface area contributed by atoms with Crippen molar-refractivity contribution < 1.29 is 9.59 Å². The molecule has 3 amide bonds. The molecule has 2 heterocycles. The minimum absolute atomic E-state index is 0.232. The molecule has 0 spiro atoms. The quantitative estimate of drug-likeness (QED) is 0.335. The number of hydrogen-bond donors (Lipinski definition) is 4. The number of benzene rings is 1. The van der Waals surface area contributed by atoms with Crippen LogP contribution in [0, 0.1) is 4.77 Å². The second kappa shape index (κ2) is 9.30. The Kier molecular flexibility index (Phi) is 6.57. The number of carbonyl (C=O) groups excluding carboxylic acids is 2. The first kappa shape index (κ1) is 20.5. The number of amides is 3. The van der Waals surface area contributed by atoms with E-state index in [9.17, 15) is 9.59 Å². The molecule has 10 heteroatoms. The van der Waals surface area contributed by atoms with Crippen molar-refractivity contribution in [1.29, 1.82) is 0 Å². The summed E-state index contributed by atoms with van der Waals surface area (Å²) in [5.41, 5.74) is 1.21. The number of anilines is 2. The van der Waals surface area contributed by atoms with E-state index in [-0.39, 0.29) is 11.9 Å². The molecule has 1 atom stereocenters. The molecule has 0 radical (unpaired) electrons. The van der Waals surface area contributed by atoms with Crippen molar-refractivity contribution in [2.75, 3.05) is 17.2 Å². The fourth-order valence-electron chi connectivity index (χ4n) is 2.58. The summed E-state index contributed by atoms with van der Waals surface area (Å²) in [6.45, 7) is 5.68. The number of aromatic amines is 1. The minimum Gasteiger partial charge on any atom is -0.334 e. The lowest BCUT2D eigenvalue weighted by Crippen LogP contribution is -2.28. The van der Waals surface area contributed by atoms with Gasteiger partial charge in [-0.05, 0) is 54.9 Å². The van der Waals surface area contributed by atoms with Gasteiger partial charge in [-0.25, -0.2) is 4.79 Å². The van der Waals surface area contributed by atoms with Crippen molar-refractivity contribution >= 4 is 46.9 Å². The van der Waals surface area contributed by atoms with Crippen LogP contribution >= 0.6 is 23.6 Å². The summed E-state index contributed by atoms with van der Waals surface area (Å²) in [6.07, 6.45) is 1.59. The van der Waals surface area contributed by atoms with E-state index >= 15 is 0 Å². The van der Waals surface area contributed by atoms with E-state index in [1.54, 1.807) is 41.8 Å². The molecule has 1 aromatic carbocycles. The van der Waals surface area contributed by atoms with Crippen molar-refractivity contribution in [3.63, 3.8) is 0 Å². The van der Waals surface area contributed by atoms with Crippen LogP contribution in [0.2, 0.25) is 0 Å². The second-order valence-electron chi connectivity index (χ2n) is 6.07. The molecule has 150 valence electrons. The highest BCUT2D eigenvalue weighted by atomic mass is 32.1. The molecule has 8 nitrogen and oxygen atoms in total. The number of thiophene rings is 1. The first-order valence-electron chi connectivity index (χ1n) is 8.77. The smallest absolute Gasteiger partial charge is 0.319 e. The molecule has 4 N–H and O–H groups in total. The van der Waals surface area contributed by atoms with Crippen molar-refractivity contribution in [3.8, 4) is 10.7 Å². The Morgan fingerprint density at radius 2 is 1.97 bits per heavy atom. The summed E-state index contributed by atoms with van der Waals surface area (Å²) in [7, 11) is 0. The molecular formula is C19H20N6O2S2. The van der Waals surface area contributed by atoms with Crippen LogP contribution in [0.25, 0.3) is 10.7 Å². The summed E-state index contributed by atoms with van der Waals surface area (Å²) in [5, 5.41) is 17.1. The third-order valence-electron chi connectivity index (χ3n) is 4.03. The Morgan fingerprint density at radius 1 is 1.28 bits per heavy atom. The molecule has 0 saturated carbocycles. The first-order valence-corrected chi connectivity index (χ1v) is 10.1. The van der Waals surface area contributed by atoms with E-state index in [1.165, 1.54) is 11.3 Å². The molecular weight excluding hydrogens is 408 g/mol. The molecule has 0 aliphatic heterocycles. The maximum Gasteiger partial charge on any atom is 0.319 e. The van der Waals surface area contributed by atoms with Crippen LogP contribution < -0.4 is 16.0 Å². The van der Waals surface area contributed by atoms with E-state index in [1.807, 2.05) is 17.5 Å². The number of carbonyl (C=O) groups is 2. The van der Waals surface area contributed by atoms with Crippen LogP contribution in [0.1, 0.15) is 13.0 Å². The topological polar surface area (TPSA) is 104 Å². The van der Waals surface area contributed by atoms with E-state index in [0.29, 0.717) is 28.5 Å². The number of hydrogen-bond acceptors (Lipinski definition) is 5. The largest absolute Gasteiger partial charge is 0.334 e. The van der Waals surface area contributed by atoms with Crippen LogP contribution in [0.15, 0.2) is 54.4 Å². The molecule has 0 aliphatic rings. The Hall–Kier alpha value is -3.24. The number of nitrogens with one attached hydrogen (secondary N) is 4. The molecule has 3 rings (SSSR count). The van der Waals surface area contributed by atoms with Crippen molar-refractivity contribution in [1.82, 2.24) is 20.1 Å². The summed E-state index contributed by atoms with van der Waals surface area (Å²) in [5.74, 6) is 0.391. The van der Waals surface area contributed by atoms with Gasteiger partial charge in [0.15, 0.2) is 10.6 Å². The van der Waals surface area contributed by atoms with Crippen LogP contribution in [-0.2, 0) is 4.79 Å². The lowest BCUT2D eigenvalue weighted by atomic mass is 10.2. The molecule has 0 bridgehead atoms. The number of H-pyrrole nitrogens is 1. The molecule has 0 saturated heterocycles. The van der Waals surface area contributed by atoms with Crippen LogP contribution in [-0.4, -0.2) is 33.2 Å². The monoisotopic (exact) mass is 428 g/mol. The lowest BCUT2D eigenvalue weighted by molar-refractivity contribution is -0.118. The minimum atomic E-state index is -0.569. The standard InChI is InChI=1S/C19H20N6O2S2/c1-3-10-20-18(27)22-14-8-6-13(7-9-14)21-17(26)12(2)25-16(23-24-19(25)28)15-5-4-11-29-15/h3-9,11-12H,1,10H2,2H3,(H,21,26)(H,24,28)(H2,20,22,27). The van der Waals surface area contributed by atoms with E-state index in [0.717, 1.165) is 4.88 Å². The fourth-order valence-corrected chi connectivity index (χ4v) is 3.59. The second-order valence-corrected chi connectivity index (χ2v) is 7.40. The summed E-state index contributed by atoms with van der Waals surface area (Å²) < 4.78 is 2.07. The third-order valence-corrected chi connectivity index (χ3v) is 5.18. The Morgan fingerprint density at radius 3 is 2.59 bits per heavy atom. The van der Waals surface area contributed by atoms with Crippen molar-refractivity contribution in [2.24, 2.45) is 0 Å². The fraction of sp³-hybridized carbons (Fsp3) is 0.158. The van der Waals surface area contributed by atoms with Gasteiger partial charge in [0.25, 0.3) is 0 Å². The van der Waals surface area contributed by atoms with Crippen LogP contribution in [0.4, 0.5) is 16.2 Å². The van der Waals surface area contributed by atoms with Gasteiger partial charge in [0.05, 0.1) is 4.88 Å². The Bertz CT molecular complexity index is 1050. The van der Waals surface area contributed by atoms with Crippen molar-refractivity contribution in [3.05, 3.63) is 59.2 Å². The first-order chi connectivity index (χ1) is 14.0. The Labute approximate surface area is 176 Å². The van der Waals surface area contributed by atoms with E-state index < -0.39 is 6.04 Å². The van der Waals surface area contributed by atoms with Gasteiger partial charge in [-0.15, -0.1) is 17.9 Å². The SMILES string of the molecule is C=CCNC(=O)Nc1ccc(NC(=O)C(C)n2c(-c3cccs3)n[nH]c2=S)cc1. The molecule has 0 aliphatic carbocycles. The molecule has 0 fully saturated rings. The summed E-state index contributed by atoms with van der Waals surface area (Å²) in [4.78, 5) is 25.3. The summed E-state index contributed by atoms with van der Waals surface area (Å²) >= 11 is 6.83. The lowest BCUT2D eigenvalue weighted by Gasteiger charge is -2.15. The van der Waals surface area contributed by atoms with E-state index in [4.69, 9.17) is 12.2 Å². The highest BCUT2D eigenvalue weighted by Crippen LogP contribution is 2.26. The van der Waals surface area contributed by atoms with Gasteiger partial charge in [-0.2, -0.15) is 5.10 Å². The van der Waals surface area contributed by atoms with Gasteiger partial charge < -0.3 is 16.0 Å². The highest BCUT2D eigenvalue weighted by Gasteiger charge is 2.21. The Balaban J connectivity index is 1.68. The number of urea groups is 1. The van der Waals surface area contributed by atoms with Gasteiger partial charge in [0.2, 0.25) is 5.91 Å². The zero-order valence-corrected chi connectivity index (χ0v) is 17.3. The van der Waals surface area contributed by atoms with Gasteiger partial charge >= 0.3 is 6.03 Å². The van der Waals surface area contributed by atoms with Gasteiger partial charge in [0.1, 0.15) is 6.04 Å². The zero-order chi connectivity index (χ0) is 20.8. The average molecular weight is 429 g/mol. The average Bonchev–Trinajstić information content (AvgIpc) is 3.36. The van der Waals surface area contributed by atoms with Gasteiger partial charge in [-0.1, -0.05) is 12.1 Å². The highest BCUT2D eigenvalue weighted by molar-refractivity contribution is 7.71. The van der Waals surface area contributed by atoms with Crippen molar-refractivity contribution in [2.45, 2.75) is 13.0 Å². The summed E-state index contributed by atoms with van der Waals surface area (Å²) in [6, 6.07) is 9.77. The molecule has 2 aromatic heterocycles. The number of rotatable bonds is 7. The molecule has 29 heavy (non-hydrogen) atoms. The third kappa shape index (κ3) is 4.98. The number of aromatic nitrogens is 3. The maximum atomic E-state index is 12.8. The van der Waals surface area contributed by atoms with Crippen LogP contribution in [0.5, 0.6) is 0 Å². The molecule has 1 unspecified atom stereocenters. The zero-order valence-electron chi connectivity index (χ0n) is 15.6.